The zero-order chi connectivity index (χ0) is 13.1. The lowest BCUT2D eigenvalue weighted by atomic mass is 10.1. The van der Waals surface area contributed by atoms with E-state index in [9.17, 15) is 13.6 Å². The molecule has 1 atom stereocenters. The van der Waals surface area contributed by atoms with Crippen molar-refractivity contribution in [2.75, 3.05) is 20.1 Å². The third-order valence-electron chi connectivity index (χ3n) is 3.31. The van der Waals surface area contributed by atoms with Crippen molar-refractivity contribution >= 4 is 5.91 Å². The molecule has 1 unspecified atom stereocenters. The number of halogens is 2. The van der Waals surface area contributed by atoms with Crippen molar-refractivity contribution in [3.05, 3.63) is 35.4 Å². The first kappa shape index (κ1) is 13.0. The van der Waals surface area contributed by atoms with Gasteiger partial charge in [0.25, 0.3) is 0 Å². The molecule has 0 radical (unpaired) electrons. The van der Waals surface area contributed by atoms with Crippen molar-refractivity contribution < 1.29 is 13.6 Å². The average Bonchev–Trinajstić information content (AvgIpc) is 2.81. The topological polar surface area (TPSA) is 32.3 Å². The lowest BCUT2D eigenvalue weighted by Gasteiger charge is -2.16. The van der Waals surface area contributed by atoms with Gasteiger partial charge in [0, 0.05) is 25.2 Å². The molecule has 1 N–H and O–H groups in total. The molecule has 0 aromatic heterocycles. The van der Waals surface area contributed by atoms with Crippen molar-refractivity contribution in [3.8, 4) is 0 Å². The average molecular weight is 254 g/mol. The Morgan fingerprint density at radius 1 is 1.50 bits per heavy atom. The Balaban J connectivity index is 1.99. The van der Waals surface area contributed by atoms with Gasteiger partial charge in [-0.2, -0.15) is 0 Å². The highest BCUT2D eigenvalue weighted by Crippen LogP contribution is 2.14. The number of amides is 1. The van der Waals surface area contributed by atoms with Crippen LogP contribution in [0.2, 0.25) is 0 Å². The van der Waals surface area contributed by atoms with Crippen molar-refractivity contribution in [2.45, 2.75) is 18.9 Å². The van der Waals surface area contributed by atoms with E-state index in [-0.39, 0.29) is 17.9 Å². The standard InChI is InChI=1S/C13H16F2N2O/c1-16-11-4-5-17(8-11)13(18)6-9-2-3-10(14)7-12(9)15/h2-3,7,11,16H,4-6,8H2,1H3. The van der Waals surface area contributed by atoms with Gasteiger partial charge in [-0.25, -0.2) is 8.78 Å². The van der Waals surface area contributed by atoms with E-state index < -0.39 is 11.6 Å². The monoisotopic (exact) mass is 254 g/mol. The molecule has 0 aliphatic carbocycles. The molecule has 1 aliphatic rings. The maximum absolute atomic E-state index is 13.4. The van der Waals surface area contributed by atoms with Crippen LogP contribution in [-0.4, -0.2) is 37.0 Å². The Morgan fingerprint density at radius 3 is 2.89 bits per heavy atom. The lowest BCUT2D eigenvalue weighted by molar-refractivity contribution is -0.129. The molecule has 18 heavy (non-hydrogen) atoms. The summed E-state index contributed by atoms with van der Waals surface area (Å²) in [5.74, 6) is -1.40. The predicted molar refractivity (Wildman–Crippen MR) is 64.1 cm³/mol. The van der Waals surface area contributed by atoms with E-state index in [1.165, 1.54) is 12.1 Å². The smallest absolute Gasteiger partial charge is 0.227 e. The zero-order valence-corrected chi connectivity index (χ0v) is 10.2. The summed E-state index contributed by atoms with van der Waals surface area (Å²) in [7, 11) is 1.86. The van der Waals surface area contributed by atoms with Gasteiger partial charge in [0.15, 0.2) is 0 Å². The SMILES string of the molecule is CNC1CCN(C(=O)Cc2ccc(F)cc2F)C1. The summed E-state index contributed by atoms with van der Waals surface area (Å²) in [5.41, 5.74) is 0.245. The number of likely N-dealkylation sites (tertiary alicyclic amines) is 1. The van der Waals surface area contributed by atoms with Gasteiger partial charge in [-0.3, -0.25) is 4.79 Å². The quantitative estimate of drug-likeness (QED) is 0.882. The van der Waals surface area contributed by atoms with E-state index in [1.807, 2.05) is 7.05 Å². The minimum absolute atomic E-state index is 0.0114. The molecule has 5 heteroatoms. The number of hydrogen-bond acceptors (Lipinski definition) is 2. The number of nitrogens with one attached hydrogen (secondary N) is 1. The molecule has 3 nitrogen and oxygen atoms in total. The third-order valence-corrected chi connectivity index (χ3v) is 3.31. The minimum Gasteiger partial charge on any atom is -0.341 e. The number of benzene rings is 1. The summed E-state index contributed by atoms with van der Waals surface area (Å²) in [6.07, 6.45) is 0.899. The highest BCUT2D eigenvalue weighted by molar-refractivity contribution is 5.79. The first-order valence-electron chi connectivity index (χ1n) is 5.99. The van der Waals surface area contributed by atoms with Crippen LogP contribution in [0.1, 0.15) is 12.0 Å². The first-order chi connectivity index (χ1) is 8.60. The normalized spacial score (nSPS) is 19.3. The number of nitrogens with zero attached hydrogens (tertiary/aromatic N) is 1. The van der Waals surface area contributed by atoms with Crippen LogP contribution in [0.4, 0.5) is 8.78 Å². The minimum atomic E-state index is -0.660. The van der Waals surface area contributed by atoms with Gasteiger partial charge < -0.3 is 10.2 Å². The molecule has 2 rings (SSSR count). The highest BCUT2D eigenvalue weighted by atomic mass is 19.1. The molecule has 0 bridgehead atoms. The molecule has 1 aromatic carbocycles. The largest absolute Gasteiger partial charge is 0.341 e. The van der Waals surface area contributed by atoms with Gasteiger partial charge in [-0.05, 0) is 25.1 Å². The van der Waals surface area contributed by atoms with Crippen molar-refractivity contribution in [3.63, 3.8) is 0 Å². The molecule has 0 saturated carbocycles. The van der Waals surface area contributed by atoms with Crippen LogP contribution in [-0.2, 0) is 11.2 Å². The first-order valence-corrected chi connectivity index (χ1v) is 5.99. The fourth-order valence-corrected chi connectivity index (χ4v) is 2.16. The second kappa shape index (κ2) is 5.44. The molecule has 1 aromatic rings. The summed E-state index contributed by atoms with van der Waals surface area (Å²) in [6, 6.07) is 3.62. The van der Waals surface area contributed by atoms with Crippen LogP contribution in [0.5, 0.6) is 0 Å². The van der Waals surface area contributed by atoms with Gasteiger partial charge in [0.2, 0.25) is 5.91 Å². The Bertz CT molecular complexity index is 451. The Kier molecular flexibility index (Phi) is 3.91. The maximum atomic E-state index is 13.4. The molecule has 1 heterocycles. The fraction of sp³-hybridized carbons (Fsp3) is 0.462. The Labute approximate surface area is 105 Å². The van der Waals surface area contributed by atoms with Crippen LogP contribution in [0, 0.1) is 11.6 Å². The molecular formula is C13H16F2N2O. The van der Waals surface area contributed by atoms with Crippen LogP contribution in [0.25, 0.3) is 0 Å². The molecule has 0 spiro atoms. The van der Waals surface area contributed by atoms with Crippen LogP contribution in [0.15, 0.2) is 18.2 Å². The second-order valence-corrected chi connectivity index (χ2v) is 4.53. The summed E-state index contributed by atoms with van der Waals surface area (Å²) >= 11 is 0. The summed E-state index contributed by atoms with van der Waals surface area (Å²) in [4.78, 5) is 13.7. The molecule has 1 amide bonds. The van der Waals surface area contributed by atoms with E-state index in [2.05, 4.69) is 5.32 Å². The summed E-state index contributed by atoms with van der Waals surface area (Å²) < 4.78 is 26.2. The van der Waals surface area contributed by atoms with Gasteiger partial charge in [0.05, 0.1) is 6.42 Å². The summed E-state index contributed by atoms with van der Waals surface area (Å²) in [6.45, 7) is 1.34. The van der Waals surface area contributed by atoms with Gasteiger partial charge in [0.1, 0.15) is 11.6 Å². The van der Waals surface area contributed by atoms with Crippen molar-refractivity contribution in [1.82, 2.24) is 10.2 Å². The van der Waals surface area contributed by atoms with Crippen molar-refractivity contribution in [1.29, 1.82) is 0 Å². The van der Waals surface area contributed by atoms with Crippen LogP contribution >= 0.6 is 0 Å². The molecule has 1 fully saturated rings. The number of hydrogen-bond donors (Lipinski definition) is 1. The zero-order valence-electron chi connectivity index (χ0n) is 10.2. The van der Waals surface area contributed by atoms with Gasteiger partial charge in [-0.15, -0.1) is 0 Å². The van der Waals surface area contributed by atoms with Gasteiger partial charge in [-0.1, -0.05) is 6.07 Å². The third kappa shape index (κ3) is 2.85. The highest BCUT2D eigenvalue weighted by Gasteiger charge is 2.25. The van der Waals surface area contributed by atoms with Gasteiger partial charge >= 0.3 is 0 Å². The number of likely N-dealkylation sites (N-methyl/N-ethyl adjacent to an activating group) is 1. The van der Waals surface area contributed by atoms with Crippen LogP contribution in [0.3, 0.4) is 0 Å². The molecule has 98 valence electrons. The maximum Gasteiger partial charge on any atom is 0.227 e. The molecular weight excluding hydrogens is 238 g/mol. The Hall–Kier alpha value is -1.49. The van der Waals surface area contributed by atoms with E-state index in [0.717, 1.165) is 12.5 Å². The fourth-order valence-electron chi connectivity index (χ4n) is 2.16. The molecule has 1 aliphatic heterocycles. The number of rotatable bonds is 3. The van der Waals surface area contributed by atoms with E-state index in [0.29, 0.717) is 19.1 Å². The van der Waals surface area contributed by atoms with Crippen molar-refractivity contribution in [2.24, 2.45) is 0 Å². The number of carbonyl (C=O) groups excluding carboxylic acids is 1. The number of carbonyl (C=O) groups is 1. The Morgan fingerprint density at radius 2 is 2.28 bits per heavy atom. The van der Waals surface area contributed by atoms with Crippen LogP contribution < -0.4 is 5.32 Å². The lowest BCUT2D eigenvalue weighted by Crippen LogP contribution is -2.34. The van der Waals surface area contributed by atoms with E-state index in [1.54, 1.807) is 4.90 Å². The van der Waals surface area contributed by atoms with E-state index >= 15 is 0 Å². The van der Waals surface area contributed by atoms with E-state index in [4.69, 9.17) is 0 Å². The molecule has 1 saturated heterocycles. The predicted octanol–water partition coefficient (Wildman–Crippen LogP) is 1.33. The summed E-state index contributed by atoms with van der Waals surface area (Å²) in [5, 5.41) is 3.11. The second-order valence-electron chi connectivity index (χ2n) is 4.53.